The van der Waals surface area contributed by atoms with Crippen LogP contribution in [0.15, 0.2) is 121 Å². The number of amides is 4. The van der Waals surface area contributed by atoms with Crippen molar-refractivity contribution in [3.8, 4) is 0 Å². The highest BCUT2D eigenvalue weighted by atomic mass is 16.2. The van der Waals surface area contributed by atoms with Gasteiger partial charge in [0.2, 0.25) is 11.8 Å². The predicted molar refractivity (Wildman–Crippen MR) is 226 cm³/mol. The van der Waals surface area contributed by atoms with E-state index in [1.165, 1.54) is 64.2 Å². The Morgan fingerprint density at radius 1 is 0.357 bits per heavy atom. The summed E-state index contributed by atoms with van der Waals surface area (Å²) in [7, 11) is 0. The molecule has 8 heteroatoms. The topological polar surface area (TPSA) is 116 Å². The molecule has 2 atom stereocenters. The van der Waals surface area contributed by atoms with Crippen LogP contribution in [0.5, 0.6) is 0 Å². The summed E-state index contributed by atoms with van der Waals surface area (Å²) in [5, 5.41) is 12.0. The molecule has 4 aromatic carbocycles. The molecule has 0 aliphatic heterocycles. The van der Waals surface area contributed by atoms with Gasteiger partial charge in [-0.25, -0.2) is 0 Å². The van der Waals surface area contributed by atoms with Gasteiger partial charge in [-0.1, -0.05) is 174 Å². The minimum absolute atomic E-state index is 0.141. The van der Waals surface area contributed by atoms with Crippen LogP contribution in [0.2, 0.25) is 0 Å². The molecule has 4 amide bonds. The molecule has 0 saturated carbocycles. The Kier molecular flexibility index (Phi) is 20.6. The number of benzene rings is 4. The molecule has 0 saturated heterocycles. The van der Waals surface area contributed by atoms with Crippen LogP contribution in [0.3, 0.4) is 0 Å². The van der Waals surface area contributed by atoms with Crippen molar-refractivity contribution in [1.29, 1.82) is 0 Å². The van der Waals surface area contributed by atoms with Crippen LogP contribution in [0.25, 0.3) is 0 Å². The van der Waals surface area contributed by atoms with Crippen molar-refractivity contribution >= 4 is 23.6 Å². The molecule has 4 rings (SSSR count). The van der Waals surface area contributed by atoms with Gasteiger partial charge in [0.15, 0.2) is 0 Å². The third-order valence-corrected chi connectivity index (χ3v) is 10.1. The van der Waals surface area contributed by atoms with Crippen molar-refractivity contribution in [3.05, 3.63) is 144 Å². The van der Waals surface area contributed by atoms with Crippen LogP contribution in [0.1, 0.15) is 122 Å². The zero-order chi connectivity index (χ0) is 39.5. The van der Waals surface area contributed by atoms with Gasteiger partial charge in [0, 0.05) is 37.1 Å². The standard InChI is InChI=1S/C48H62N4O4/c53-45(41-31-21-15-22-32-41)51-43(37-39-27-17-13-18-28-39)47(55)49-35-25-11-9-7-5-3-1-2-4-6-8-10-12-26-36-50-48(56)44(38-40-29-19-14-20-30-40)52-46(54)42-33-23-16-24-34-42/h13-24,27-34,43-44H,1-12,25-26,35-38H2,(H,49,55)(H,50,56)(H,51,53)(H,52,54)/t43-,44-/m0/s1. The zero-order valence-corrected chi connectivity index (χ0v) is 33.1. The predicted octanol–water partition coefficient (Wildman–Crippen LogP) is 8.76. The first-order valence-corrected chi connectivity index (χ1v) is 20.8. The minimum atomic E-state index is -0.628. The first kappa shape index (κ1) is 43.5. The van der Waals surface area contributed by atoms with Gasteiger partial charge in [0.25, 0.3) is 11.8 Å². The normalized spacial score (nSPS) is 11.9. The SMILES string of the molecule is O=C(N[C@@H](Cc1ccccc1)C(=O)NCCCCCCCCCCCCCCCCNC(=O)[C@H](Cc1ccccc1)NC(=O)c1ccccc1)c1ccccc1. The summed E-state index contributed by atoms with van der Waals surface area (Å²) in [6.07, 6.45) is 17.3. The number of rotatable bonds is 27. The molecule has 0 radical (unpaired) electrons. The highest BCUT2D eigenvalue weighted by Crippen LogP contribution is 2.14. The lowest BCUT2D eigenvalue weighted by Gasteiger charge is -2.19. The average molecular weight is 759 g/mol. The van der Waals surface area contributed by atoms with Gasteiger partial charge in [0.05, 0.1) is 0 Å². The molecule has 0 aliphatic rings. The van der Waals surface area contributed by atoms with Gasteiger partial charge in [-0.3, -0.25) is 19.2 Å². The van der Waals surface area contributed by atoms with E-state index in [0.29, 0.717) is 37.1 Å². The highest BCUT2D eigenvalue weighted by Gasteiger charge is 2.23. The van der Waals surface area contributed by atoms with E-state index in [4.69, 9.17) is 0 Å². The van der Waals surface area contributed by atoms with E-state index in [1.54, 1.807) is 24.3 Å². The summed E-state index contributed by atoms with van der Waals surface area (Å²) in [6.45, 7) is 1.23. The van der Waals surface area contributed by atoms with Crippen LogP contribution < -0.4 is 21.3 Å². The molecule has 298 valence electrons. The fourth-order valence-corrected chi connectivity index (χ4v) is 6.82. The minimum Gasteiger partial charge on any atom is -0.354 e. The largest absolute Gasteiger partial charge is 0.354 e. The molecule has 0 aliphatic carbocycles. The van der Waals surface area contributed by atoms with Gasteiger partial charge in [-0.2, -0.15) is 0 Å². The van der Waals surface area contributed by atoms with E-state index >= 15 is 0 Å². The van der Waals surface area contributed by atoms with Crippen LogP contribution >= 0.6 is 0 Å². The van der Waals surface area contributed by atoms with Gasteiger partial charge in [-0.15, -0.1) is 0 Å². The second-order valence-corrected chi connectivity index (χ2v) is 14.7. The molecule has 56 heavy (non-hydrogen) atoms. The van der Waals surface area contributed by atoms with E-state index in [-0.39, 0.29) is 23.6 Å². The van der Waals surface area contributed by atoms with Crippen molar-refractivity contribution in [2.75, 3.05) is 13.1 Å². The molecule has 0 fully saturated rings. The summed E-state index contributed by atoms with van der Waals surface area (Å²) in [4.78, 5) is 51.7. The molecular weight excluding hydrogens is 697 g/mol. The van der Waals surface area contributed by atoms with Crippen molar-refractivity contribution in [2.24, 2.45) is 0 Å². The number of unbranched alkanes of at least 4 members (excludes halogenated alkanes) is 13. The Hall–Kier alpha value is -5.24. The van der Waals surface area contributed by atoms with Crippen LogP contribution in [-0.4, -0.2) is 48.8 Å². The Morgan fingerprint density at radius 3 is 0.929 bits per heavy atom. The van der Waals surface area contributed by atoms with E-state index in [0.717, 1.165) is 36.8 Å². The fraction of sp³-hybridized carbons (Fsp3) is 0.417. The number of carbonyl (C=O) groups is 4. The molecule has 8 nitrogen and oxygen atoms in total. The lowest BCUT2D eigenvalue weighted by atomic mass is 10.0. The van der Waals surface area contributed by atoms with Gasteiger partial charge < -0.3 is 21.3 Å². The number of hydrogen-bond acceptors (Lipinski definition) is 4. The summed E-state index contributed by atoms with van der Waals surface area (Å²) in [6, 6.07) is 36.4. The number of carbonyl (C=O) groups excluding carboxylic acids is 4. The Labute approximate surface area is 334 Å². The van der Waals surface area contributed by atoms with Crippen molar-refractivity contribution in [1.82, 2.24) is 21.3 Å². The zero-order valence-electron chi connectivity index (χ0n) is 33.1. The Morgan fingerprint density at radius 2 is 0.625 bits per heavy atom. The summed E-state index contributed by atoms with van der Waals surface area (Å²) < 4.78 is 0. The molecule has 0 bridgehead atoms. The van der Waals surface area contributed by atoms with Gasteiger partial charge in [0.1, 0.15) is 12.1 Å². The average Bonchev–Trinajstić information content (AvgIpc) is 3.23. The van der Waals surface area contributed by atoms with E-state index in [9.17, 15) is 19.2 Å². The highest BCUT2D eigenvalue weighted by molar-refractivity contribution is 5.98. The first-order valence-electron chi connectivity index (χ1n) is 20.8. The maximum Gasteiger partial charge on any atom is 0.251 e. The quantitative estimate of drug-likeness (QED) is 0.0455. The second-order valence-electron chi connectivity index (χ2n) is 14.7. The van der Waals surface area contributed by atoms with Gasteiger partial charge in [-0.05, 0) is 48.2 Å². The molecule has 4 aromatic rings. The van der Waals surface area contributed by atoms with Crippen LogP contribution in [0, 0.1) is 0 Å². The maximum atomic E-state index is 13.1. The lowest BCUT2D eigenvalue weighted by Crippen LogP contribution is -2.48. The van der Waals surface area contributed by atoms with E-state index in [1.807, 2.05) is 97.1 Å². The molecule has 0 unspecified atom stereocenters. The van der Waals surface area contributed by atoms with Gasteiger partial charge >= 0.3 is 0 Å². The first-order chi connectivity index (χ1) is 27.5. The molecular formula is C48H62N4O4. The van der Waals surface area contributed by atoms with Crippen LogP contribution in [-0.2, 0) is 22.4 Å². The molecule has 4 N–H and O–H groups in total. The number of nitrogens with one attached hydrogen (secondary N) is 4. The fourth-order valence-electron chi connectivity index (χ4n) is 6.82. The second kappa shape index (κ2) is 26.5. The smallest absolute Gasteiger partial charge is 0.251 e. The van der Waals surface area contributed by atoms with Crippen molar-refractivity contribution < 1.29 is 19.2 Å². The summed E-state index contributed by atoms with van der Waals surface area (Å²) in [5.41, 5.74) is 3.11. The molecule has 0 heterocycles. The van der Waals surface area contributed by atoms with E-state index in [2.05, 4.69) is 21.3 Å². The third kappa shape index (κ3) is 17.5. The number of hydrogen-bond donors (Lipinski definition) is 4. The van der Waals surface area contributed by atoms with Crippen LogP contribution in [0.4, 0.5) is 0 Å². The van der Waals surface area contributed by atoms with Crippen molar-refractivity contribution in [2.45, 2.75) is 115 Å². The summed E-state index contributed by atoms with van der Waals surface area (Å²) in [5.74, 6) is -0.764. The monoisotopic (exact) mass is 758 g/mol. The van der Waals surface area contributed by atoms with Crippen molar-refractivity contribution in [3.63, 3.8) is 0 Å². The van der Waals surface area contributed by atoms with E-state index < -0.39 is 12.1 Å². The Balaban J connectivity index is 0.970. The Bertz CT molecular complexity index is 1560. The molecule has 0 aromatic heterocycles. The lowest BCUT2D eigenvalue weighted by molar-refractivity contribution is -0.123. The summed E-state index contributed by atoms with van der Waals surface area (Å²) >= 11 is 0. The molecule has 0 spiro atoms. The maximum absolute atomic E-state index is 13.1. The third-order valence-electron chi connectivity index (χ3n) is 10.1.